The lowest BCUT2D eigenvalue weighted by atomic mass is 10.0. The molecule has 1 atom stereocenters. The third kappa shape index (κ3) is 3.59. The molecular weight excluding hydrogens is 348 g/mol. The Morgan fingerprint density at radius 3 is 2.96 bits per heavy atom. The molecule has 2 amide bonds. The lowest BCUT2D eigenvalue weighted by Gasteiger charge is -2.41. The van der Waals surface area contributed by atoms with Gasteiger partial charge in [-0.2, -0.15) is 0 Å². The summed E-state index contributed by atoms with van der Waals surface area (Å²) in [4.78, 5) is 40.8. The monoisotopic (exact) mass is 372 g/mol. The number of pyridine rings is 1. The minimum atomic E-state index is -0.235. The van der Waals surface area contributed by atoms with E-state index in [0.29, 0.717) is 31.8 Å². The van der Waals surface area contributed by atoms with E-state index in [2.05, 4.69) is 10.4 Å². The molecule has 0 saturated carbocycles. The first kappa shape index (κ1) is 17.7. The number of piperidine rings is 1. The van der Waals surface area contributed by atoms with E-state index in [0.717, 1.165) is 19.4 Å². The van der Waals surface area contributed by atoms with Crippen molar-refractivity contribution in [3.8, 4) is 0 Å². The Balaban J connectivity index is 1.38. The van der Waals surface area contributed by atoms with Crippen LogP contribution in [0.3, 0.4) is 0 Å². The number of aryl methyl sites for hydroxylation is 1. The molecule has 1 unspecified atom stereocenters. The fraction of sp³-hybridized carbons (Fsp3) is 0.556. The van der Waals surface area contributed by atoms with Crippen LogP contribution >= 0.6 is 0 Å². The van der Waals surface area contributed by atoms with Crippen molar-refractivity contribution in [1.29, 1.82) is 0 Å². The molecule has 0 radical (unpaired) electrons. The van der Waals surface area contributed by atoms with Gasteiger partial charge in [-0.1, -0.05) is 6.07 Å². The van der Waals surface area contributed by atoms with E-state index in [1.54, 1.807) is 18.3 Å². The van der Waals surface area contributed by atoms with Crippen LogP contribution in [0.15, 0.2) is 29.2 Å². The molecule has 2 saturated heterocycles. The molecule has 0 spiro atoms. The van der Waals surface area contributed by atoms with Gasteiger partial charge in [-0.05, 0) is 25.0 Å². The fourth-order valence-corrected chi connectivity index (χ4v) is 3.92. The smallest absolute Gasteiger partial charge is 0.341 e. The predicted molar refractivity (Wildman–Crippen MR) is 98.3 cm³/mol. The number of nitrogens with one attached hydrogen (secondary N) is 1. The molecule has 1 N–H and O–H groups in total. The molecule has 0 aliphatic carbocycles. The Kier molecular flexibility index (Phi) is 4.93. The Morgan fingerprint density at radius 2 is 2.15 bits per heavy atom. The van der Waals surface area contributed by atoms with E-state index < -0.39 is 0 Å². The second kappa shape index (κ2) is 7.51. The quantitative estimate of drug-likeness (QED) is 0.767. The molecule has 4 rings (SSSR count). The molecule has 2 aromatic rings. The number of piperazine rings is 1. The third-order valence-electron chi connectivity index (χ3n) is 5.34. The van der Waals surface area contributed by atoms with Crippen molar-refractivity contribution in [2.24, 2.45) is 0 Å². The second-order valence-electron chi connectivity index (χ2n) is 7.08. The minimum absolute atomic E-state index is 0.00578. The molecule has 2 aliphatic heterocycles. The van der Waals surface area contributed by atoms with Gasteiger partial charge in [-0.25, -0.2) is 9.48 Å². The van der Waals surface area contributed by atoms with Gasteiger partial charge >= 0.3 is 5.69 Å². The minimum Gasteiger partial charge on any atom is -0.341 e. The first-order valence-electron chi connectivity index (χ1n) is 9.45. The van der Waals surface area contributed by atoms with E-state index in [4.69, 9.17) is 0 Å². The highest BCUT2D eigenvalue weighted by molar-refractivity contribution is 5.80. The average molecular weight is 372 g/mol. The highest BCUT2D eigenvalue weighted by Crippen LogP contribution is 2.18. The molecule has 2 aliphatic rings. The summed E-state index contributed by atoms with van der Waals surface area (Å²) in [7, 11) is 0. The van der Waals surface area contributed by atoms with Crippen LogP contribution in [0, 0.1) is 0 Å². The second-order valence-corrected chi connectivity index (χ2v) is 7.08. The summed E-state index contributed by atoms with van der Waals surface area (Å²) in [6.45, 7) is 3.41. The maximum absolute atomic E-state index is 12.7. The van der Waals surface area contributed by atoms with E-state index >= 15 is 0 Å². The summed E-state index contributed by atoms with van der Waals surface area (Å²) in [5.41, 5.74) is 0.339. The average Bonchev–Trinajstić information content (AvgIpc) is 3.02. The van der Waals surface area contributed by atoms with Gasteiger partial charge in [0.15, 0.2) is 5.65 Å². The van der Waals surface area contributed by atoms with Crippen LogP contribution < -0.4 is 11.0 Å². The standard InChI is InChI=1S/C18H24N6O3/c25-16(6-10-24-18(27)23-9-2-1-5-15(23)20-24)21-8-3-4-14(13-21)22-11-7-19-12-17(22)26/h1-2,5,9,14,19H,3-4,6-8,10-13H2. The molecular formula is C18H24N6O3. The number of nitrogens with zero attached hydrogens (tertiary/aromatic N) is 5. The van der Waals surface area contributed by atoms with Gasteiger partial charge in [0, 0.05) is 44.8 Å². The van der Waals surface area contributed by atoms with Gasteiger partial charge < -0.3 is 15.1 Å². The number of amides is 2. The van der Waals surface area contributed by atoms with E-state index in [9.17, 15) is 14.4 Å². The number of aromatic nitrogens is 3. The Labute approximate surface area is 156 Å². The summed E-state index contributed by atoms with van der Waals surface area (Å²) in [6.07, 6.45) is 3.72. The van der Waals surface area contributed by atoms with Crippen molar-refractivity contribution < 1.29 is 9.59 Å². The zero-order valence-electron chi connectivity index (χ0n) is 15.2. The van der Waals surface area contributed by atoms with Gasteiger partial charge in [-0.15, -0.1) is 5.10 Å². The molecule has 27 heavy (non-hydrogen) atoms. The summed E-state index contributed by atoms with van der Waals surface area (Å²) in [5, 5.41) is 7.34. The lowest BCUT2D eigenvalue weighted by molar-refractivity contribution is -0.140. The zero-order chi connectivity index (χ0) is 18.8. The number of likely N-dealkylation sites (tertiary alicyclic amines) is 1. The van der Waals surface area contributed by atoms with Crippen molar-refractivity contribution in [2.45, 2.75) is 31.8 Å². The van der Waals surface area contributed by atoms with Crippen molar-refractivity contribution in [3.63, 3.8) is 0 Å². The Bertz CT molecular complexity index is 904. The fourth-order valence-electron chi connectivity index (χ4n) is 3.92. The molecule has 0 bridgehead atoms. The highest BCUT2D eigenvalue weighted by atomic mass is 16.2. The first-order valence-corrected chi connectivity index (χ1v) is 9.45. The summed E-state index contributed by atoms with van der Waals surface area (Å²) in [6, 6.07) is 5.45. The van der Waals surface area contributed by atoms with Crippen molar-refractivity contribution in [1.82, 2.24) is 29.3 Å². The maximum atomic E-state index is 12.7. The molecule has 4 heterocycles. The number of fused-ring (bicyclic) bond motifs is 1. The van der Waals surface area contributed by atoms with Gasteiger partial charge in [0.25, 0.3) is 0 Å². The SMILES string of the molecule is O=C(CCn1nc2ccccn2c1=O)N1CCCC(N2CCNCC2=O)C1. The number of carbonyl (C=O) groups is 2. The first-order chi connectivity index (χ1) is 13.1. The van der Waals surface area contributed by atoms with Crippen LogP contribution in [0.4, 0.5) is 0 Å². The van der Waals surface area contributed by atoms with Gasteiger partial charge in [0.2, 0.25) is 11.8 Å². The van der Waals surface area contributed by atoms with Crippen LogP contribution in [0.5, 0.6) is 0 Å². The van der Waals surface area contributed by atoms with E-state index in [1.165, 1.54) is 9.08 Å². The summed E-state index contributed by atoms with van der Waals surface area (Å²) < 4.78 is 2.81. The van der Waals surface area contributed by atoms with Gasteiger partial charge in [0.05, 0.1) is 13.1 Å². The number of hydrogen-bond acceptors (Lipinski definition) is 5. The van der Waals surface area contributed by atoms with Crippen molar-refractivity contribution in [2.75, 3.05) is 32.7 Å². The van der Waals surface area contributed by atoms with E-state index in [-0.39, 0.29) is 36.5 Å². The van der Waals surface area contributed by atoms with E-state index in [1.807, 2.05) is 15.9 Å². The highest BCUT2D eigenvalue weighted by Gasteiger charge is 2.31. The van der Waals surface area contributed by atoms with Crippen LogP contribution in [0.1, 0.15) is 19.3 Å². The zero-order valence-corrected chi connectivity index (χ0v) is 15.2. The van der Waals surface area contributed by atoms with Crippen LogP contribution in [-0.4, -0.2) is 74.6 Å². The van der Waals surface area contributed by atoms with Crippen molar-refractivity contribution >= 4 is 17.5 Å². The Hall–Kier alpha value is -2.68. The largest absolute Gasteiger partial charge is 0.350 e. The molecule has 9 nitrogen and oxygen atoms in total. The predicted octanol–water partition coefficient (Wildman–Crippen LogP) is -0.691. The summed E-state index contributed by atoms with van der Waals surface area (Å²) in [5.74, 6) is 0.114. The normalized spacial score (nSPS) is 21.0. The van der Waals surface area contributed by atoms with Crippen LogP contribution in [-0.2, 0) is 16.1 Å². The number of rotatable bonds is 4. The number of hydrogen-bond donors (Lipinski definition) is 1. The van der Waals surface area contributed by atoms with Crippen LogP contribution in [0.25, 0.3) is 5.65 Å². The Morgan fingerprint density at radius 1 is 1.26 bits per heavy atom. The van der Waals surface area contributed by atoms with Crippen molar-refractivity contribution in [3.05, 3.63) is 34.9 Å². The third-order valence-corrected chi connectivity index (χ3v) is 5.34. The molecule has 2 fully saturated rings. The van der Waals surface area contributed by atoms with Crippen LogP contribution in [0.2, 0.25) is 0 Å². The molecule has 144 valence electrons. The van der Waals surface area contributed by atoms with Gasteiger partial charge in [-0.3, -0.25) is 14.0 Å². The molecule has 9 heteroatoms. The molecule has 2 aromatic heterocycles. The molecule has 0 aromatic carbocycles. The number of carbonyl (C=O) groups excluding carboxylic acids is 2. The van der Waals surface area contributed by atoms with Gasteiger partial charge in [0.1, 0.15) is 0 Å². The maximum Gasteiger partial charge on any atom is 0.350 e. The summed E-state index contributed by atoms with van der Waals surface area (Å²) >= 11 is 0. The topological polar surface area (TPSA) is 91.9 Å². The lowest BCUT2D eigenvalue weighted by Crippen LogP contribution is -2.57.